The molecular weight excluding hydrogens is 407 g/mol. The molecular formula is C22H42F3N5O. The summed E-state index contributed by atoms with van der Waals surface area (Å²) in [5.41, 5.74) is 11.7. The minimum Gasteiger partial charge on any atom is -0.343 e. The third-order valence-corrected chi connectivity index (χ3v) is 6.20. The number of aliphatic imine (C=N–C) groups is 1. The van der Waals surface area contributed by atoms with Crippen molar-refractivity contribution in [2.24, 2.45) is 28.3 Å². The summed E-state index contributed by atoms with van der Waals surface area (Å²) in [5, 5.41) is 0. The van der Waals surface area contributed by atoms with E-state index in [0.29, 0.717) is 44.6 Å². The van der Waals surface area contributed by atoms with Gasteiger partial charge in [0.25, 0.3) is 0 Å². The molecule has 3 atom stereocenters. The van der Waals surface area contributed by atoms with Crippen LogP contribution in [0.15, 0.2) is 4.99 Å². The van der Waals surface area contributed by atoms with Gasteiger partial charge >= 0.3 is 6.18 Å². The fourth-order valence-corrected chi connectivity index (χ4v) is 4.39. The molecule has 1 aliphatic heterocycles. The van der Waals surface area contributed by atoms with E-state index in [1.165, 1.54) is 6.92 Å². The number of piperidine rings is 1. The van der Waals surface area contributed by atoms with Crippen molar-refractivity contribution in [2.45, 2.75) is 78.1 Å². The van der Waals surface area contributed by atoms with E-state index in [-0.39, 0.29) is 11.9 Å². The first-order chi connectivity index (χ1) is 14.5. The zero-order valence-electron chi connectivity index (χ0n) is 19.6. The van der Waals surface area contributed by atoms with Gasteiger partial charge in [-0.25, -0.2) is 0 Å². The highest BCUT2D eigenvalue weighted by atomic mass is 19.4. The number of nitrogens with zero attached hydrogens (tertiary/aromatic N) is 3. The van der Waals surface area contributed by atoms with Crippen molar-refractivity contribution >= 4 is 11.6 Å². The Kier molecular flexibility index (Phi) is 12.0. The number of hydrogen-bond acceptors (Lipinski definition) is 5. The molecule has 1 heterocycles. The lowest BCUT2D eigenvalue weighted by atomic mass is 9.84. The van der Waals surface area contributed by atoms with Crippen molar-refractivity contribution < 1.29 is 18.0 Å². The molecule has 9 heteroatoms. The van der Waals surface area contributed by atoms with Crippen molar-refractivity contribution in [1.29, 1.82) is 0 Å². The van der Waals surface area contributed by atoms with Gasteiger partial charge in [-0.2, -0.15) is 13.2 Å². The monoisotopic (exact) mass is 449 g/mol. The van der Waals surface area contributed by atoms with E-state index in [4.69, 9.17) is 11.5 Å². The van der Waals surface area contributed by atoms with Crippen molar-refractivity contribution in [1.82, 2.24) is 9.80 Å². The topological polar surface area (TPSA) is 88.0 Å². The Hall–Kier alpha value is -1.19. The van der Waals surface area contributed by atoms with Gasteiger partial charge in [0, 0.05) is 50.3 Å². The number of carbonyl (C=O) groups is 1. The van der Waals surface area contributed by atoms with E-state index in [1.54, 1.807) is 13.8 Å². The van der Waals surface area contributed by atoms with Gasteiger partial charge in [0.15, 0.2) is 0 Å². The first-order valence-electron chi connectivity index (χ1n) is 11.6. The molecule has 1 rings (SSSR count). The van der Waals surface area contributed by atoms with Crippen molar-refractivity contribution in [3.63, 3.8) is 0 Å². The molecule has 0 radical (unpaired) electrons. The normalized spacial score (nSPS) is 19.5. The minimum absolute atomic E-state index is 0.0435. The molecule has 0 saturated carbocycles. The average molecular weight is 450 g/mol. The van der Waals surface area contributed by atoms with Crippen LogP contribution in [0.2, 0.25) is 0 Å². The van der Waals surface area contributed by atoms with Crippen molar-refractivity contribution in [3.05, 3.63) is 0 Å². The summed E-state index contributed by atoms with van der Waals surface area (Å²) in [6.07, 6.45) is -0.607. The molecule has 0 spiro atoms. The molecule has 0 aromatic carbocycles. The molecule has 6 nitrogen and oxygen atoms in total. The second kappa shape index (κ2) is 13.4. The number of amides is 1. The van der Waals surface area contributed by atoms with Crippen molar-refractivity contribution in [3.8, 4) is 0 Å². The van der Waals surface area contributed by atoms with Crippen LogP contribution in [0.1, 0.15) is 59.8 Å². The van der Waals surface area contributed by atoms with Gasteiger partial charge in [-0.3, -0.25) is 9.79 Å². The molecule has 3 unspecified atom stereocenters. The van der Waals surface area contributed by atoms with E-state index in [2.05, 4.69) is 16.8 Å². The molecule has 0 aromatic heterocycles. The lowest BCUT2D eigenvalue weighted by molar-refractivity contribution is -0.185. The number of alkyl halides is 3. The van der Waals surface area contributed by atoms with Gasteiger partial charge in [-0.05, 0) is 52.6 Å². The summed E-state index contributed by atoms with van der Waals surface area (Å²) < 4.78 is 40.0. The maximum atomic E-state index is 13.3. The number of nitrogens with two attached hydrogens (primary N) is 2. The molecule has 1 amide bonds. The largest absolute Gasteiger partial charge is 0.393 e. The van der Waals surface area contributed by atoms with Crippen LogP contribution in [0.5, 0.6) is 0 Å². The van der Waals surface area contributed by atoms with Crippen LogP contribution in [0.25, 0.3) is 0 Å². The number of halogens is 3. The second-order valence-electron chi connectivity index (χ2n) is 8.83. The smallest absolute Gasteiger partial charge is 0.343 e. The number of hydrogen-bond donors (Lipinski definition) is 2. The molecule has 4 N–H and O–H groups in total. The maximum absolute atomic E-state index is 13.3. The highest BCUT2D eigenvalue weighted by Gasteiger charge is 2.46. The highest BCUT2D eigenvalue weighted by Crippen LogP contribution is 2.35. The summed E-state index contributed by atoms with van der Waals surface area (Å²) >= 11 is 0. The predicted molar refractivity (Wildman–Crippen MR) is 120 cm³/mol. The van der Waals surface area contributed by atoms with E-state index >= 15 is 0 Å². The van der Waals surface area contributed by atoms with Gasteiger partial charge in [-0.1, -0.05) is 13.8 Å². The summed E-state index contributed by atoms with van der Waals surface area (Å²) in [4.78, 5) is 21.2. The second-order valence-corrected chi connectivity index (χ2v) is 8.83. The molecule has 182 valence electrons. The third-order valence-electron chi connectivity index (χ3n) is 6.20. The molecule has 0 aromatic rings. The van der Waals surface area contributed by atoms with Crippen LogP contribution in [0.3, 0.4) is 0 Å². The number of rotatable bonds is 12. The highest BCUT2D eigenvalue weighted by molar-refractivity contribution is 5.84. The van der Waals surface area contributed by atoms with Crippen LogP contribution < -0.4 is 11.5 Å². The first-order valence-corrected chi connectivity index (χ1v) is 11.6. The molecule has 1 fully saturated rings. The maximum Gasteiger partial charge on any atom is 0.393 e. The minimum atomic E-state index is -4.35. The van der Waals surface area contributed by atoms with E-state index in [0.717, 1.165) is 32.5 Å². The van der Waals surface area contributed by atoms with Gasteiger partial charge in [0.05, 0.1) is 12.0 Å². The Morgan fingerprint density at radius 3 is 2.29 bits per heavy atom. The van der Waals surface area contributed by atoms with Gasteiger partial charge in [-0.15, -0.1) is 0 Å². The van der Waals surface area contributed by atoms with Gasteiger partial charge < -0.3 is 21.3 Å². The van der Waals surface area contributed by atoms with Crippen molar-refractivity contribution in [2.75, 3.05) is 39.3 Å². The quantitative estimate of drug-likeness (QED) is 0.448. The summed E-state index contributed by atoms with van der Waals surface area (Å²) in [7, 11) is 0. The molecule has 0 bridgehead atoms. The lowest BCUT2D eigenvalue weighted by Crippen LogP contribution is -2.44. The molecule has 1 aliphatic rings. The van der Waals surface area contributed by atoms with Gasteiger partial charge in [0.2, 0.25) is 5.91 Å². The molecule has 1 saturated heterocycles. The average Bonchev–Trinajstić information content (AvgIpc) is 2.67. The van der Waals surface area contributed by atoms with Crippen LogP contribution in [-0.4, -0.2) is 78.9 Å². The molecule has 0 aliphatic carbocycles. The zero-order chi connectivity index (χ0) is 23.6. The van der Waals surface area contributed by atoms with E-state index in [9.17, 15) is 18.0 Å². The third kappa shape index (κ3) is 9.45. The standard InChI is InChI=1S/C22H42F3N5O/c1-5-11-29(15-10-26)12-6-7-20(31)30-13-8-19(9-14-30)28-18(4)16(2)21(17(3)27)22(23,24)25/h16-17,19,21H,5-15,26-27H2,1-4H3. The Balaban J connectivity index is 2.51. The molecule has 31 heavy (non-hydrogen) atoms. The van der Waals surface area contributed by atoms with Gasteiger partial charge in [0.1, 0.15) is 0 Å². The Labute approximate surface area is 185 Å². The summed E-state index contributed by atoms with van der Waals surface area (Å²) in [6.45, 7) is 11.3. The number of likely N-dealkylation sites (tertiary alicyclic amines) is 1. The zero-order valence-corrected chi connectivity index (χ0v) is 19.6. The van der Waals surface area contributed by atoms with Crippen LogP contribution >= 0.6 is 0 Å². The number of carbonyl (C=O) groups excluding carboxylic acids is 1. The fraction of sp³-hybridized carbons (Fsp3) is 0.909. The van der Waals surface area contributed by atoms with Crippen LogP contribution in [0, 0.1) is 11.8 Å². The first kappa shape index (κ1) is 27.8. The van der Waals surface area contributed by atoms with E-state index in [1.807, 2.05) is 4.90 Å². The van der Waals surface area contributed by atoms with Crippen LogP contribution in [0.4, 0.5) is 13.2 Å². The van der Waals surface area contributed by atoms with E-state index < -0.39 is 24.1 Å². The SMILES string of the molecule is CCCN(CCN)CCCC(=O)N1CCC(N=C(C)C(C)C(C(C)N)C(F)(F)F)CC1. The Morgan fingerprint density at radius 1 is 1.19 bits per heavy atom. The Morgan fingerprint density at radius 2 is 1.81 bits per heavy atom. The summed E-state index contributed by atoms with van der Waals surface area (Å²) in [5.74, 6) is -2.23. The summed E-state index contributed by atoms with van der Waals surface area (Å²) in [6, 6.07) is -1.03. The lowest BCUT2D eigenvalue weighted by Gasteiger charge is -2.33. The fourth-order valence-electron chi connectivity index (χ4n) is 4.39. The van der Waals surface area contributed by atoms with Crippen LogP contribution in [-0.2, 0) is 4.79 Å². The Bertz CT molecular complexity index is 554. The predicted octanol–water partition coefficient (Wildman–Crippen LogP) is 3.05.